The number of nitrogens with zero attached hydrogens (tertiary/aromatic N) is 3. The van der Waals surface area contributed by atoms with Crippen LogP contribution in [0, 0.1) is 13.8 Å². The number of aryl methyl sites for hydroxylation is 2. The van der Waals surface area contributed by atoms with E-state index in [1.807, 2.05) is 6.07 Å². The number of hydrogen-bond acceptors (Lipinski definition) is 6. The lowest BCUT2D eigenvalue weighted by molar-refractivity contribution is 0.301. The molecule has 0 unspecified atom stereocenters. The van der Waals surface area contributed by atoms with E-state index in [0.717, 1.165) is 11.4 Å². The standard InChI is InChI=1S/C19H21ClN4O4S/c1-12-19(13(2)28-23-12)29(25,26)24-8-7-14(10-24)18-9-16(21-22-18)11-27-17-5-3-15(20)4-6-17/h3-6,9,14H,7-8,10-11H2,1-2H3,(H,21,22)/t14-/m1/s1. The monoisotopic (exact) mass is 436 g/mol. The fourth-order valence-corrected chi connectivity index (χ4v) is 5.43. The molecule has 3 heterocycles. The van der Waals surface area contributed by atoms with Crippen LogP contribution in [-0.2, 0) is 16.6 Å². The molecule has 1 fully saturated rings. The van der Waals surface area contributed by atoms with Gasteiger partial charge in [-0.2, -0.15) is 9.40 Å². The van der Waals surface area contributed by atoms with Gasteiger partial charge in [0.25, 0.3) is 0 Å². The molecule has 1 aliphatic rings. The molecule has 0 amide bonds. The van der Waals surface area contributed by atoms with Crippen LogP contribution in [0.15, 0.2) is 39.8 Å². The van der Waals surface area contributed by atoms with E-state index in [4.69, 9.17) is 20.9 Å². The van der Waals surface area contributed by atoms with Crippen LogP contribution in [0.5, 0.6) is 5.75 Å². The summed E-state index contributed by atoms with van der Waals surface area (Å²) in [6.45, 7) is 4.39. The van der Waals surface area contributed by atoms with E-state index in [9.17, 15) is 8.42 Å². The third-order valence-electron chi connectivity index (χ3n) is 4.99. The lowest BCUT2D eigenvalue weighted by atomic mass is 10.1. The molecule has 0 spiro atoms. The second-order valence-corrected chi connectivity index (χ2v) is 9.37. The molecule has 1 saturated heterocycles. The summed E-state index contributed by atoms with van der Waals surface area (Å²) in [5.41, 5.74) is 2.03. The molecule has 1 aliphatic heterocycles. The number of rotatable bonds is 6. The molecule has 1 aromatic carbocycles. The second-order valence-electron chi connectivity index (χ2n) is 7.06. The van der Waals surface area contributed by atoms with E-state index < -0.39 is 10.0 Å². The number of benzene rings is 1. The van der Waals surface area contributed by atoms with Crippen LogP contribution >= 0.6 is 11.6 Å². The molecule has 8 nitrogen and oxygen atoms in total. The predicted octanol–water partition coefficient (Wildman–Crippen LogP) is 3.43. The largest absolute Gasteiger partial charge is 0.487 e. The van der Waals surface area contributed by atoms with E-state index in [1.54, 1.807) is 38.1 Å². The van der Waals surface area contributed by atoms with Crippen molar-refractivity contribution in [1.29, 1.82) is 0 Å². The van der Waals surface area contributed by atoms with Gasteiger partial charge in [-0.05, 0) is 50.6 Å². The minimum atomic E-state index is -3.64. The Hall–Kier alpha value is -2.36. The Labute approximate surface area is 173 Å². The summed E-state index contributed by atoms with van der Waals surface area (Å²) in [6.07, 6.45) is 0.699. The van der Waals surface area contributed by atoms with Crippen molar-refractivity contribution in [3.8, 4) is 5.75 Å². The molecular weight excluding hydrogens is 416 g/mol. The van der Waals surface area contributed by atoms with Gasteiger partial charge in [-0.25, -0.2) is 8.42 Å². The van der Waals surface area contributed by atoms with E-state index in [-0.39, 0.29) is 10.8 Å². The highest BCUT2D eigenvalue weighted by Gasteiger charge is 2.37. The number of hydrogen-bond donors (Lipinski definition) is 1. The highest BCUT2D eigenvalue weighted by atomic mass is 35.5. The number of nitrogens with one attached hydrogen (secondary N) is 1. The number of aromatic nitrogens is 3. The van der Waals surface area contributed by atoms with Crippen molar-refractivity contribution >= 4 is 21.6 Å². The van der Waals surface area contributed by atoms with Crippen molar-refractivity contribution in [2.24, 2.45) is 0 Å². The highest BCUT2D eigenvalue weighted by Crippen LogP contribution is 2.32. The fraction of sp³-hybridized carbons (Fsp3) is 0.368. The van der Waals surface area contributed by atoms with Crippen molar-refractivity contribution in [2.75, 3.05) is 13.1 Å². The molecule has 10 heteroatoms. The molecule has 29 heavy (non-hydrogen) atoms. The maximum Gasteiger partial charge on any atom is 0.248 e. The molecule has 3 aromatic rings. The summed E-state index contributed by atoms with van der Waals surface area (Å²) in [6, 6.07) is 9.05. The topological polar surface area (TPSA) is 101 Å². The molecule has 1 atom stereocenters. The number of H-pyrrole nitrogens is 1. The van der Waals surface area contributed by atoms with Gasteiger partial charge >= 0.3 is 0 Å². The average molecular weight is 437 g/mol. The van der Waals surface area contributed by atoms with Crippen LogP contribution in [0.4, 0.5) is 0 Å². The normalized spacial score (nSPS) is 17.7. The highest BCUT2D eigenvalue weighted by molar-refractivity contribution is 7.89. The molecule has 0 bridgehead atoms. The molecular formula is C19H21ClN4O4S. The third-order valence-corrected chi connectivity index (χ3v) is 7.36. The first-order valence-electron chi connectivity index (χ1n) is 9.20. The summed E-state index contributed by atoms with van der Waals surface area (Å²) in [5, 5.41) is 11.7. The Bertz CT molecular complexity index is 1090. The quantitative estimate of drug-likeness (QED) is 0.635. The SMILES string of the molecule is Cc1noc(C)c1S(=O)(=O)N1CC[C@@H](c2cc(COc3ccc(Cl)cc3)[nH]n2)C1. The third kappa shape index (κ3) is 4.03. The van der Waals surface area contributed by atoms with E-state index in [2.05, 4.69) is 15.4 Å². The zero-order valence-corrected chi connectivity index (χ0v) is 17.6. The van der Waals surface area contributed by atoms with Gasteiger partial charge in [-0.3, -0.25) is 5.10 Å². The van der Waals surface area contributed by atoms with Crippen molar-refractivity contribution in [1.82, 2.24) is 19.7 Å². The minimum Gasteiger partial charge on any atom is -0.487 e. The first-order chi connectivity index (χ1) is 13.8. The molecule has 0 radical (unpaired) electrons. The number of halogens is 1. The van der Waals surface area contributed by atoms with Gasteiger partial charge in [0.15, 0.2) is 5.76 Å². The minimum absolute atomic E-state index is 0.0192. The summed E-state index contributed by atoms with van der Waals surface area (Å²) in [4.78, 5) is 0.164. The van der Waals surface area contributed by atoms with Gasteiger partial charge < -0.3 is 9.26 Å². The van der Waals surface area contributed by atoms with Crippen LogP contribution in [0.2, 0.25) is 5.02 Å². The van der Waals surface area contributed by atoms with Gasteiger partial charge in [0.2, 0.25) is 10.0 Å². The summed E-state index contributed by atoms with van der Waals surface area (Å²) >= 11 is 5.87. The molecule has 1 N–H and O–H groups in total. The number of ether oxygens (including phenoxy) is 1. The average Bonchev–Trinajstić information content (AvgIpc) is 3.41. The Morgan fingerprint density at radius 2 is 2.07 bits per heavy atom. The Morgan fingerprint density at radius 1 is 1.31 bits per heavy atom. The number of sulfonamides is 1. The van der Waals surface area contributed by atoms with Crippen molar-refractivity contribution < 1.29 is 17.7 Å². The molecule has 0 saturated carbocycles. The predicted molar refractivity (Wildman–Crippen MR) is 106 cm³/mol. The fourth-order valence-electron chi connectivity index (χ4n) is 3.51. The van der Waals surface area contributed by atoms with Crippen LogP contribution in [0.1, 0.15) is 35.2 Å². The second kappa shape index (κ2) is 7.81. The van der Waals surface area contributed by atoms with Gasteiger partial charge in [0.05, 0.1) is 11.4 Å². The maximum atomic E-state index is 13.0. The zero-order valence-electron chi connectivity index (χ0n) is 16.1. The summed E-state index contributed by atoms with van der Waals surface area (Å²) < 4.78 is 38.2. The molecule has 2 aromatic heterocycles. The maximum absolute atomic E-state index is 13.0. The van der Waals surface area contributed by atoms with Gasteiger partial charge in [-0.1, -0.05) is 16.8 Å². The lowest BCUT2D eigenvalue weighted by Gasteiger charge is -2.15. The molecule has 4 rings (SSSR count). The van der Waals surface area contributed by atoms with Crippen molar-refractivity contribution in [3.63, 3.8) is 0 Å². The first-order valence-corrected chi connectivity index (χ1v) is 11.0. The Kier molecular flexibility index (Phi) is 5.37. The van der Waals surface area contributed by atoms with E-state index >= 15 is 0 Å². The number of aromatic amines is 1. The van der Waals surface area contributed by atoms with Crippen molar-refractivity contribution in [3.05, 3.63) is 58.2 Å². The Balaban J connectivity index is 1.41. The molecule has 0 aliphatic carbocycles. The van der Waals surface area contributed by atoms with Crippen molar-refractivity contribution in [2.45, 2.75) is 37.7 Å². The van der Waals surface area contributed by atoms with Gasteiger partial charge in [0.1, 0.15) is 22.9 Å². The van der Waals surface area contributed by atoms with Crippen LogP contribution < -0.4 is 4.74 Å². The first kappa shape index (κ1) is 19.9. The van der Waals surface area contributed by atoms with Crippen LogP contribution in [0.3, 0.4) is 0 Å². The Morgan fingerprint density at radius 3 is 2.76 bits per heavy atom. The lowest BCUT2D eigenvalue weighted by Crippen LogP contribution is -2.29. The van der Waals surface area contributed by atoms with E-state index in [0.29, 0.717) is 48.3 Å². The smallest absolute Gasteiger partial charge is 0.248 e. The van der Waals surface area contributed by atoms with Gasteiger partial charge in [-0.15, -0.1) is 0 Å². The zero-order chi connectivity index (χ0) is 20.6. The molecule has 154 valence electrons. The van der Waals surface area contributed by atoms with Gasteiger partial charge in [0, 0.05) is 24.0 Å². The van der Waals surface area contributed by atoms with Crippen LogP contribution in [0.25, 0.3) is 0 Å². The van der Waals surface area contributed by atoms with Crippen LogP contribution in [-0.4, -0.2) is 41.2 Å². The van der Waals surface area contributed by atoms with E-state index in [1.165, 1.54) is 4.31 Å². The summed E-state index contributed by atoms with van der Waals surface area (Å²) in [7, 11) is -3.64. The summed E-state index contributed by atoms with van der Waals surface area (Å²) in [5.74, 6) is 1.04.